The SMILES string of the molecule is CC=CC(=O)NC(C)c1cc(F)ccc1OC. The zero-order valence-electron chi connectivity index (χ0n) is 10.2. The molecule has 3 nitrogen and oxygen atoms in total. The summed E-state index contributed by atoms with van der Waals surface area (Å²) in [5.41, 5.74) is 0.616. The molecule has 1 N–H and O–H groups in total. The molecule has 0 aliphatic rings. The highest BCUT2D eigenvalue weighted by atomic mass is 19.1. The number of carbonyl (C=O) groups excluding carboxylic acids is 1. The Morgan fingerprint density at radius 1 is 1.53 bits per heavy atom. The average molecular weight is 237 g/mol. The predicted octanol–water partition coefficient (Wildman–Crippen LogP) is 2.59. The molecule has 1 unspecified atom stereocenters. The number of benzene rings is 1. The second kappa shape index (κ2) is 6.03. The molecule has 4 heteroatoms. The molecule has 1 aromatic carbocycles. The Kier molecular flexibility index (Phi) is 4.69. The van der Waals surface area contributed by atoms with Crippen molar-refractivity contribution in [3.63, 3.8) is 0 Å². The predicted molar refractivity (Wildman–Crippen MR) is 64.3 cm³/mol. The van der Waals surface area contributed by atoms with Crippen LogP contribution in [0.15, 0.2) is 30.4 Å². The average Bonchev–Trinajstić information content (AvgIpc) is 2.29. The normalized spacial score (nSPS) is 12.5. The van der Waals surface area contributed by atoms with Crippen molar-refractivity contribution < 1.29 is 13.9 Å². The first-order chi connectivity index (χ1) is 8.08. The van der Waals surface area contributed by atoms with E-state index in [9.17, 15) is 9.18 Å². The van der Waals surface area contributed by atoms with E-state index >= 15 is 0 Å². The lowest BCUT2D eigenvalue weighted by atomic mass is 10.1. The molecule has 0 radical (unpaired) electrons. The van der Waals surface area contributed by atoms with Crippen LogP contribution in [0.3, 0.4) is 0 Å². The first kappa shape index (κ1) is 13.2. The van der Waals surface area contributed by atoms with E-state index in [1.54, 1.807) is 26.0 Å². The monoisotopic (exact) mass is 237 g/mol. The standard InChI is InChI=1S/C13H16FNO2/c1-4-5-13(16)15-9(2)11-8-10(14)6-7-12(11)17-3/h4-9H,1-3H3,(H,15,16). The number of amides is 1. The Labute approximate surface area is 100 Å². The molecule has 1 rings (SSSR count). The van der Waals surface area contributed by atoms with Crippen LogP contribution in [-0.2, 0) is 4.79 Å². The second-order valence-corrected chi connectivity index (χ2v) is 3.62. The third-order valence-electron chi connectivity index (χ3n) is 2.34. The van der Waals surface area contributed by atoms with Crippen molar-refractivity contribution >= 4 is 5.91 Å². The molecular formula is C13H16FNO2. The fourth-order valence-electron chi connectivity index (χ4n) is 1.53. The van der Waals surface area contributed by atoms with E-state index in [1.165, 1.54) is 25.3 Å². The zero-order chi connectivity index (χ0) is 12.8. The molecule has 0 saturated carbocycles. The molecule has 1 atom stereocenters. The smallest absolute Gasteiger partial charge is 0.244 e. The molecule has 0 spiro atoms. The van der Waals surface area contributed by atoms with Crippen molar-refractivity contribution in [1.82, 2.24) is 5.32 Å². The third kappa shape index (κ3) is 3.59. The third-order valence-corrected chi connectivity index (χ3v) is 2.34. The number of hydrogen-bond donors (Lipinski definition) is 1. The van der Waals surface area contributed by atoms with Crippen molar-refractivity contribution in [2.75, 3.05) is 7.11 Å². The number of methoxy groups -OCH3 is 1. The maximum atomic E-state index is 13.1. The summed E-state index contributed by atoms with van der Waals surface area (Å²) in [6, 6.07) is 3.91. The van der Waals surface area contributed by atoms with Crippen LogP contribution in [0, 0.1) is 5.82 Å². The van der Waals surface area contributed by atoms with Crippen LogP contribution < -0.4 is 10.1 Å². The Balaban J connectivity index is 2.90. The molecule has 0 aliphatic carbocycles. The van der Waals surface area contributed by atoms with Crippen LogP contribution in [0.2, 0.25) is 0 Å². The van der Waals surface area contributed by atoms with Crippen molar-refractivity contribution in [1.29, 1.82) is 0 Å². The Morgan fingerprint density at radius 2 is 2.24 bits per heavy atom. The zero-order valence-corrected chi connectivity index (χ0v) is 10.2. The summed E-state index contributed by atoms with van der Waals surface area (Å²) in [7, 11) is 1.51. The molecule has 0 fully saturated rings. The van der Waals surface area contributed by atoms with Gasteiger partial charge in [0.1, 0.15) is 11.6 Å². The summed E-state index contributed by atoms with van der Waals surface area (Å²) < 4.78 is 18.3. The Hall–Kier alpha value is -1.84. The van der Waals surface area contributed by atoms with Crippen molar-refractivity contribution in [2.45, 2.75) is 19.9 Å². The molecule has 17 heavy (non-hydrogen) atoms. The van der Waals surface area contributed by atoms with Gasteiger partial charge in [0.2, 0.25) is 5.91 Å². The van der Waals surface area contributed by atoms with E-state index in [1.807, 2.05) is 0 Å². The van der Waals surface area contributed by atoms with Crippen LogP contribution >= 0.6 is 0 Å². The van der Waals surface area contributed by atoms with Gasteiger partial charge in [0.15, 0.2) is 0 Å². The molecule has 92 valence electrons. The minimum absolute atomic E-state index is 0.216. The second-order valence-electron chi connectivity index (χ2n) is 3.62. The largest absolute Gasteiger partial charge is 0.496 e. The van der Waals surface area contributed by atoms with E-state index in [2.05, 4.69) is 5.32 Å². The van der Waals surface area contributed by atoms with Gasteiger partial charge in [-0.05, 0) is 38.1 Å². The first-order valence-electron chi connectivity index (χ1n) is 5.35. The molecular weight excluding hydrogens is 221 g/mol. The van der Waals surface area contributed by atoms with Crippen molar-refractivity contribution in [2.24, 2.45) is 0 Å². The molecule has 0 aromatic heterocycles. The fraction of sp³-hybridized carbons (Fsp3) is 0.308. The van der Waals surface area contributed by atoms with Crippen LogP contribution in [-0.4, -0.2) is 13.0 Å². The number of rotatable bonds is 4. The van der Waals surface area contributed by atoms with E-state index < -0.39 is 0 Å². The van der Waals surface area contributed by atoms with E-state index in [4.69, 9.17) is 4.74 Å². The van der Waals surface area contributed by atoms with Gasteiger partial charge in [-0.1, -0.05) is 6.08 Å². The highest BCUT2D eigenvalue weighted by Gasteiger charge is 2.13. The highest BCUT2D eigenvalue weighted by molar-refractivity contribution is 5.87. The first-order valence-corrected chi connectivity index (χ1v) is 5.35. The van der Waals surface area contributed by atoms with E-state index in [-0.39, 0.29) is 17.8 Å². The summed E-state index contributed by atoms with van der Waals surface area (Å²) >= 11 is 0. The minimum Gasteiger partial charge on any atom is -0.496 e. The van der Waals surface area contributed by atoms with Crippen molar-refractivity contribution in [3.8, 4) is 5.75 Å². The molecule has 1 amide bonds. The van der Waals surface area contributed by atoms with Gasteiger partial charge in [-0.15, -0.1) is 0 Å². The highest BCUT2D eigenvalue weighted by Crippen LogP contribution is 2.25. The summed E-state index contributed by atoms with van der Waals surface area (Å²) in [5.74, 6) is -0.0149. The lowest BCUT2D eigenvalue weighted by Crippen LogP contribution is -2.25. The number of carbonyl (C=O) groups is 1. The molecule has 0 aliphatic heterocycles. The van der Waals surface area contributed by atoms with Gasteiger partial charge in [0, 0.05) is 5.56 Å². The summed E-state index contributed by atoms with van der Waals surface area (Å²) in [5, 5.41) is 2.73. The number of halogens is 1. The van der Waals surface area contributed by atoms with Gasteiger partial charge in [0.25, 0.3) is 0 Å². The van der Waals surface area contributed by atoms with Crippen LogP contribution in [0.25, 0.3) is 0 Å². The fourth-order valence-corrected chi connectivity index (χ4v) is 1.53. The number of hydrogen-bond acceptors (Lipinski definition) is 2. The van der Waals surface area contributed by atoms with Crippen LogP contribution in [0.5, 0.6) is 5.75 Å². The van der Waals surface area contributed by atoms with Gasteiger partial charge >= 0.3 is 0 Å². The van der Waals surface area contributed by atoms with E-state index in [0.29, 0.717) is 11.3 Å². The number of ether oxygens (including phenoxy) is 1. The summed E-state index contributed by atoms with van der Waals surface area (Å²) in [4.78, 5) is 11.4. The summed E-state index contributed by atoms with van der Waals surface area (Å²) in [6.45, 7) is 3.53. The van der Waals surface area contributed by atoms with Crippen molar-refractivity contribution in [3.05, 3.63) is 41.7 Å². The van der Waals surface area contributed by atoms with Gasteiger partial charge in [-0.3, -0.25) is 4.79 Å². The quantitative estimate of drug-likeness (QED) is 0.817. The molecule has 0 saturated heterocycles. The Morgan fingerprint density at radius 3 is 2.82 bits per heavy atom. The van der Waals surface area contributed by atoms with Gasteiger partial charge in [-0.25, -0.2) is 4.39 Å². The topological polar surface area (TPSA) is 38.3 Å². The maximum absolute atomic E-state index is 13.1. The van der Waals surface area contributed by atoms with E-state index in [0.717, 1.165) is 0 Å². The number of nitrogens with one attached hydrogen (secondary N) is 1. The minimum atomic E-state index is -0.354. The lowest BCUT2D eigenvalue weighted by Gasteiger charge is -2.16. The summed E-state index contributed by atoms with van der Waals surface area (Å²) in [6.07, 6.45) is 3.06. The van der Waals surface area contributed by atoms with Crippen LogP contribution in [0.4, 0.5) is 4.39 Å². The molecule has 0 bridgehead atoms. The molecule has 0 heterocycles. The van der Waals surface area contributed by atoms with Gasteiger partial charge in [0.05, 0.1) is 13.2 Å². The maximum Gasteiger partial charge on any atom is 0.244 e. The van der Waals surface area contributed by atoms with Gasteiger partial charge in [-0.2, -0.15) is 0 Å². The van der Waals surface area contributed by atoms with Crippen LogP contribution in [0.1, 0.15) is 25.5 Å². The Bertz CT molecular complexity index is 429. The van der Waals surface area contributed by atoms with Gasteiger partial charge < -0.3 is 10.1 Å². The lowest BCUT2D eigenvalue weighted by molar-refractivity contribution is -0.117. The number of allylic oxidation sites excluding steroid dienone is 1. The molecule has 1 aromatic rings.